The molecule has 2 heterocycles. The lowest BCUT2D eigenvalue weighted by atomic mass is 10.00. The SMILES string of the molecule is CCOCC(C)(CN)N1CCN(c2ncccn2)CC1. The minimum atomic E-state index is -0.0837. The van der Waals surface area contributed by atoms with Gasteiger partial charge in [0.2, 0.25) is 5.95 Å². The standard InChI is InChI=1S/C14H25N5O/c1-3-20-12-14(2,11-15)19-9-7-18(8-10-19)13-16-5-4-6-17-13/h4-6H,3,7-12,15H2,1-2H3. The van der Waals surface area contributed by atoms with Gasteiger partial charge in [-0.1, -0.05) is 0 Å². The molecule has 2 rings (SSSR count). The van der Waals surface area contributed by atoms with E-state index in [2.05, 4.69) is 26.7 Å². The molecule has 20 heavy (non-hydrogen) atoms. The second-order valence-corrected chi connectivity index (χ2v) is 5.36. The van der Waals surface area contributed by atoms with E-state index in [0.29, 0.717) is 13.2 Å². The van der Waals surface area contributed by atoms with Crippen molar-refractivity contribution in [3.63, 3.8) is 0 Å². The predicted octanol–water partition coefficient (Wildman–Crippen LogP) is 0.353. The maximum atomic E-state index is 5.96. The van der Waals surface area contributed by atoms with Crippen molar-refractivity contribution in [2.75, 3.05) is 50.8 Å². The summed E-state index contributed by atoms with van der Waals surface area (Å²) in [7, 11) is 0. The summed E-state index contributed by atoms with van der Waals surface area (Å²) in [5.74, 6) is 0.811. The molecule has 0 bridgehead atoms. The molecule has 0 spiro atoms. The van der Waals surface area contributed by atoms with Crippen LogP contribution >= 0.6 is 0 Å². The average Bonchev–Trinajstić information content (AvgIpc) is 2.53. The minimum absolute atomic E-state index is 0.0837. The van der Waals surface area contributed by atoms with Gasteiger partial charge in [0.25, 0.3) is 0 Å². The lowest BCUT2D eigenvalue weighted by Crippen LogP contribution is -2.61. The summed E-state index contributed by atoms with van der Waals surface area (Å²) in [4.78, 5) is 13.2. The molecule has 0 radical (unpaired) electrons. The van der Waals surface area contributed by atoms with Gasteiger partial charge in [-0.3, -0.25) is 4.90 Å². The van der Waals surface area contributed by atoms with Crippen LogP contribution in [-0.2, 0) is 4.74 Å². The highest BCUT2D eigenvalue weighted by Crippen LogP contribution is 2.19. The highest BCUT2D eigenvalue weighted by molar-refractivity contribution is 5.29. The first-order chi connectivity index (χ1) is 9.69. The molecule has 1 fully saturated rings. The van der Waals surface area contributed by atoms with E-state index in [1.807, 2.05) is 13.0 Å². The predicted molar refractivity (Wildman–Crippen MR) is 79.8 cm³/mol. The lowest BCUT2D eigenvalue weighted by molar-refractivity contribution is 0.00736. The third-order valence-electron chi connectivity index (χ3n) is 3.93. The topological polar surface area (TPSA) is 67.5 Å². The van der Waals surface area contributed by atoms with E-state index in [0.717, 1.165) is 38.7 Å². The zero-order chi connectivity index (χ0) is 14.4. The number of hydrogen-bond donors (Lipinski definition) is 1. The molecule has 1 aliphatic heterocycles. The Bertz CT molecular complexity index is 394. The number of nitrogens with zero attached hydrogens (tertiary/aromatic N) is 4. The normalized spacial score (nSPS) is 19.9. The number of piperazine rings is 1. The van der Waals surface area contributed by atoms with Crippen molar-refractivity contribution in [1.82, 2.24) is 14.9 Å². The Kier molecular flexibility index (Phi) is 5.28. The summed E-state index contributed by atoms with van der Waals surface area (Å²) in [5.41, 5.74) is 5.88. The second kappa shape index (κ2) is 6.97. The lowest BCUT2D eigenvalue weighted by Gasteiger charge is -2.45. The highest BCUT2D eigenvalue weighted by Gasteiger charge is 2.33. The monoisotopic (exact) mass is 279 g/mol. The van der Waals surface area contributed by atoms with Crippen molar-refractivity contribution >= 4 is 5.95 Å². The van der Waals surface area contributed by atoms with Gasteiger partial charge in [-0.25, -0.2) is 9.97 Å². The van der Waals surface area contributed by atoms with Crippen LogP contribution in [0.15, 0.2) is 18.5 Å². The van der Waals surface area contributed by atoms with Crippen LogP contribution in [-0.4, -0.2) is 66.3 Å². The fraction of sp³-hybridized carbons (Fsp3) is 0.714. The Morgan fingerprint density at radius 2 is 1.90 bits per heavy atom. The van der Waals surface area contributed by atoms with E-state index in [-0.39, 0.29) is 5.54 Å². The maximum absolute atomic E-state index is 5.96. The second-order valence-electron chi connectivity index (χ2n) is 5.36. The van der Waals surface area contributed by atoms with Gasteiger partial charge >= 0.3 is 0 Å². The Labute approximate surface area is 120 Å². The molecular weight excluding hydrogens is 254 g/mol. The largest absolute Gasteiger partial charge is 0.380 e. The molecule has 0 aliphatic carbocycles. The van der Waals surface area contributed by atoms with Crippen LogP contribution in [0.1, 0.15) is 13.8 Å². The molecule has 1 saturated heterocycles. The Morgan fingerprint density at radius 3 is 2.45 bits per heavy atom. The van der Waals surface area contributed by atoms with Gasteiger partial charge in [0.15, 0.2) is 0 Å². The molecular formula is C14H25N5O. The summed E-state index contributed by atoms with van der Waals surface area (Å²) in [5, 5.41) is 0. The first kappa shape index (κ1) is 15.2. The van der Waals surface area contributed by atoms with Gasteiger partial charge in [-0.15, -0.1) is 0 Å². The first-order valence-corrected chi connectivity index (χ1v) is 7.24. The molecule has 1 atom stereocenters. The van der Waals surface area contributed by atoms with Crippen LogP contribution in [0, 0.1) is 0 Å². The highest BCUT2D eigenvalue weighted by atomic mass is 16.5. The smallest absolute Gasteiger partial charge is 0.225 e. The van der Waals surface area contributed by atoms with Gasteiger partial charge < -0.3 is 15.4 Å². The van der Waals surface area contributed by atoms with E-state index in [4.69, 9.17) is 10.5 Å². The van der Waals surface area contributed by atoms with Gasteiger partial charge in [0.1, 0.15) is 0 Å². The molecule has 112 valence electrons. The Balaban J connectivity index is 1.93. The first-order valence-electron chi connectivity index (χ1n) is 7.24. The number of aromatic nitrogens is 2. The fourth-order valence-corrected chi connectivity index (χ4v) is 2.50. The summed E-state index contributed by atoms with van der Waals surface area (Å²) >= 11 is 0. The van der Waals surface area contributed by atoms with Gasteiger partial charge in [-0.2, -0.15) is 0 Å². The molecule has 1 aromatic heterocycles. The van der Waals surface area contributed by atoms with Crippen LogP contribution in [0.4, 0.5) is 5.95 Å². The van der Waals surface area contributed by atoms with Crippen molar-refractivity contribution in [2.24, 2.45) is 5.73 Å². The Hall–Kier alpha value is -1.24. The maximum Gasteiger partial charge on any atom is 0.225 e. The third-order valence-corrected chi connectivity index (χ3v) is 3.93. The molecule has 0 amide bonds. The van der Waals surface area contributed by atoms with Gasteiger partial charge in [-0.05, 0) is 19.9 Å². The van der Waals surface area contributed by atoms with E-state index in [1.54, 1.807) is 12.4 Å². The van der Waals surface area contributed by atoms with Crippen molar-refractivity contribution in [3.05, 3.63) is 18.5 Å². The number of anilines is 1. The molecule has 0 aromatic carbocycles. The molecule has 2 N–H and O–H groups in total. The number of rotatable bonds is 6. The van der Waals surface area contributed by atoms with E-state index in [9.17, 15) is 0 Å². The van der Waals surface area contributed by atoms with Crippen molar-refractivity contribution in [3.8, 4) is 0 Å². The number of nitrogens with two attached hydrogens (primary N) is 1. The summed E-state index contributed by atoms with van der Waals surface area (Å²) in [6.45, 7) is 9.97. The Morgan fingerprint density at radius 1 is 1.25 bits per heavy atom. The van der Waals surface area contributed by atoms with Crippen molar-refractivity contribution in [2.45, 2.75) is 19.4 Å². The van der Waals surface area contributed by atoms with Crippen LogP contribution in [0.5, 0.6) is 0 Å². The van der Waals surface area contributed by atoms with E-state index >= 15 is 0 Å². The van der Waals surface area contributed by atoms with Crippen LogP contribution in [0.2, 0.25) is 0 Å². The van der Waals surface area contributed by atoms with Crippen molar-refractivity contribution in [1.29, 1.82) is 0 Å². The van der Waals surface area contributed by atoms with Gasteiger partial charge in [0, 0.05) is 51.7 Å². The zero-order valence-corrected chi connectivity index (χ0v) is 12.5. The van der Waals surface area contributed by atoms with Gasteiger partial charge in [0.05, 0.1) is 12.1 Å². The number of hydrogen-bond acceptors (Lipinski definition) is 6. The minimum Gasteiger partial charge on any atom is -0.380 e. The van der Waals surface area contributed by atoms with E-state index < -0.39 is 0 Å². The summed E-state index contributed by atoms with van der Waals surface area (Å²) in [6, 6.07) is 1.84. The third kappa shape index (κ3) is 3.45. The quantitative estimate of drug-likeness (QED) is 0.810. The average molecular weight is 279 g/mol. The van der Waals surface area contributed by atoms with E-state index in [1.165, 1.54) is 0 Å². The molecule has 0 saturated carbocycles. The fourth-order valence-electron chi connectivity index (χ4n) is 2.50. The zero-order valence-electron chi connectivity index (χ0n) is 12.5. The molecule has 1 aliphatic rings. The van der Waals surface area contributed by atoms with Crippen molar-refractivity contribution < 1.29 is 4.74 Å². The summed E-state index contributed by atoms with van der Waals surface area (Å²) in [6.07, 6.45) is 3.57. The molecule has 6 nitrogen and oxygen atoms in total. The number of ether oxygens (including phenoxy) is 1. The van der Waals surface area contributed by atoms with Crippen LogP contribution in [0.3, 0.4) is 0 Å². The van der Waals surface area contributed by atoms with Crippen LogP contribution in [0.25, 0.3) is 0 Å². The van der Waals surface area contributed by atoms with Crippen LogP contribution < -0.4 is 10.6 Å². The molecule has 1 unspecified atom stereocenters. The molecule has 6 heteroatoms. The molecule has 1 aromatic rings. The summed E-state index contributed by atoms with van der Waals surface area (Å²) < 4.78 is 5.59.